The first-order chi connectivity index (χ1) is 12.5. The molecular weight excluding hydrogens is 332 g/mol. The number of aromatic nitrogens is 2. The third-order valence-electron chi connectivity index (χ3n) is 4.10. The maximum atomic E-state index is 12.2. The number of hydrogen-bond donors (Lipinski definition) is 1. The largest absolute Gasteiger partial charge is 0.324 e. The molecule has 26 heavy (non-hydrogen) atoms. The summed E-state index contributed by atoms with van der Waals surface area (Å²) in [4.78, 5) is 22.8. The number of amides is 1. The Bertz CT molecular complexity index is 947. The third-order valence-corrected chi connectivity index (χ3v) is 4.10. The zero-order valence-electron chi connectivity index (χ0n) is 14.5. The lowest BCUT2D eigenvalue weighted by atomic mass is 10.1. The normalized spacial score (nSPS) is 10.5. The van der Waals surface area contributed by atoms with Crippen LogP contribution in [0, 0.1) is 24.0 Å². The van der Waals surface area contributed by atoms with Crippen molar-refractivity contribution in [2.75, 3.05) is 5.32 Å². The van der Waals surface area contributed by atoms with Crippen LogP contribution in [0.3, 0.4) is 0 Å². The zero-order chi connectivity index (χ0) is 18.7. The van der Waals surface area contributed by atoms with Crippen molar-refractivity contribution >= 4 is 17.3 Å². The predicted octanol–water partition coefficient (Wildman–Crippen LogP) is 3.71. The number of aryl methyl sites for hydroxylation is 1. The second-order valence-electron chi connectivity index (χ2n) is 5.93. The molecule has 0 radical (unpaired) electrons. The quantitative estimate of drug-likeness (QED) is 0.561. The molecule has 0 aliphatic rings. The molecule has 0 fully saturated rings. The van der Waals surface area contributed by atoms with E-state index in [1.54, 1.807) is 13.8 Å². The molecule has 0 aliphatic heterocycles. The van der Waals surface area contributed by atoms with E-state index in [1.165, 1.54) is 4.68 Å². The fraction of sp³-hybridized carbons (Fsp3) is 0.158. The van der Waals surface area contributed by atoms with Gasteiger partial charge in [0.2, 0.25) is 5.91 Å². The van der Waals surface area contributed by atoms with Crippen molar-refractivity contribution < 1.29 is 9.72 Å². The highest BCUT2D eigenvalue weighted by atomic mass is 16.6. The molecule has 0 atom stereocenters. The molecule has 0 bridgehead atoms. The molecule has 132 valence electrons. The van der Waals surface area contributed by atoms with Gasteiger partial charge in [0.15, 0.2) is 0 Å². The van der Waals surface area contributed by atoms with Gasteiger partial charge in [-0.05, 0) is 37.1 Å². The summed E-state index contributed by atoms with van der Waals surface area (Å²) < 4.78 is 1.35. The number of carbonyl (C=O) groups is 1. The highest BCUT2D eigenvalue weighted by molar-refractivity contribution is 5.90. The molecule has 7 heteroatoms. The lowest BCUT2D eigenvalue weighted by molar-refractivity contribution is -0.386. The molecule has 3 rings (SSSR count). The second-order valence-corrected chi connectivity index (χ2v) is 5.93. The van der Waals surface area contributed by atoms with E-state index in [-0.39, 0.29) is 18.1 Å². The van der Waals surface area contributed by atoms with Crippen molar-refractivity contribution in [2.45, 2.75) is 20.4 Å². The van der Waals surface area contributed by atoms with Gasteiger partial charge in [0.25, 0.3) is 0 Å². The summed E-state index contributed by atoms with van der Waals surface area (Å²) >= 11 is 0. The Morgan fingerprint density at radius 1 is 1.08 bits per heavy atom. The van der Waals surface area contributed by atoms with Crippen LogP contribution in [-0.2, 0) is 11.3 Å². The first kappa shape index (κ1) is 17.3. The average molecular weight is 350 g/mol. The van der Waals surface area contributed by atoms with Crippen molar-refractivity contribution in [3.05, 3.63) is 76.1 Å². The summed E-state index contributed by atoms with van der Waals surface area (Å²) in [5, 5.41) is 17.9. The maximum Gasteiger partial charge on any atom is 0.312 e. The molecule has 2 aromatic carbocycles. The summed E-state index contributed by atoms with van der Waals surface area (Å²) in [6.45, 7) is 3.06. The summed E-state index contributed by atoms with van der Waals surface area (Å²) in [5.74, 6) is -0.294. The zero-order valence-corrected chi connectivity index (χ0v) is 14.5. The van der Waals surface area contributed by atoms with Crippen molar-refractivity contribution in [3.63, 3.8) is 0 Å². The molecule has 0 spiro atoms. The lowest BCUT2D eigenvalue weighted by Crippen LogP contribution is -2.20. The van der Waals surface area contributed by atoms with E-state index in [0.29, 0.717) is 17.1 Å². The van der Waals surface area contributed by atoms with Crippen molar-refractivity contribution in [3.8, 4) is 11.1 Å². The van der Waals surface area contributed by atoms with Gasteiger partial charge in [0, 0.05) is 5.69 Å². The minimum Gasteiger partial charge on any atom is -0.324 e. The van der Waals surface area contributed by atoms with E-state index in [1.807, 2.05) is 54.6 Å². The number of carbonyl (C=O) groups excluding carboxylic acids is 1. The molecule has 0 saturated carbocycles. The molecule has 3 aromatic rings. The Hall–Kier alpha value is -3.48. The fourth-order valence-corrected chi connectivity index (χ4v) is 2.82. The van der Waals surface area contributed by atoms with Gasteiger partial charge in [-0.15, -0.1) is 0 Å². The van der Waals surface area contributed by atoms with Crippen molar-refractivity contribution in [1.29, 1.82) is 0 Å². The van der Waals surface area contributed by atoms with Crippen LogP contribution in [0.5, 0.6) is 0 Å². The highest BCUT2D eigenvalue weighted by Crippen LogP contribution is 2.23. The van der Waals surface area contributed by atoms with Gasteiger partial charge in [-0.1, -0.05) is 42.5 Å². The molecule has 1 N–H and O–H groups in total. The van der Waals surface area contributed by atoms with Gasteiger partial charge in [0.05, 0.1) is 4.92 Å². The van der Waals surface area contributed by atoms with Crippen LogP contribution >= 0.6 is 0 Å². The molecule has 1 amide bonds. The van der Waals surface area contributed by atoms with E-state index < -0.39 is 4.92 Å². The summed E-state index contributed by atoms with van der Waals surface area (Å²) in [6.07, 6.45) is 0. The first-order valence-electron chi connectivity index (χ1n) is 8.09. The Kier molecular flexibility index (Phi) is 4.79. The van der Waals surface area contributed by atoms with E-state index >= 15 is 0 Å². The lowest BCUT2D eigenvalue weighted by Gasteiger charge is -2.08. The van der Waals surface area contributed by atoms with Crippen LogP contribution in [0.4, 0.5) is 11.4 Å². The van der Waals surface area contributed by atoms with Gasteiger partial charge >= 0.3 is 5.69 Å². The van der Waals surface area contributed by atoms with E-state index in [2.05, 4.69) is 10.4 Å². The van der Waals surface area contributed by atoms with Crippen molar-refractivity contribution in [2.24, 2.45) is 0 Å². The smallest absolute Gasteiger partial charge is 0.312 e. The number of anilines is 1. The van der Waals surface area contributed by atoms with Gasteiger partial charge in [-0.3, -0.25) is 19.6 Å². The number of hydrogen-bond acceptors (Lipinski definition) is 4. The predicted molar refractivity (Wildman–Crippen MR) is 98.9 cm³/mol. The number of benzene rings is 2. The maximum absolute atomic E-state index is 12.2. The van der Waals surface area contributed by atoms with E-state index in [0.717, 1.165) is 11.1 Å². The number of rotatable bonds is 5. The Morgan fingerprint density at radius 2 is 1.69 bits per heavy atom. The number of nitro groups is 1. The van der Waals surface area contributed by atoms with Crippen LogP contribution in [0.1, 0.15) is 11.4 Å². The molecule has 0 unspecified atom stereocenters. The van der Waals surface area contributed by atoms with Crippen LogP contribution in [-0.4, -0.2) is 20.6 Å². The third kappa shape index (κ3) is 3.61. The van der Waals surface area contributed by atoms with Gasteiger partial charge in [-0.25, -0.2) is 0 Å². The molecular formula is C19H18N4O3. The van der Waals surface area contributed by atoms with Crippen LogP contribution < -0.4 is 5.32 Å². The van der Waals surface area contributed by atoms with Gasteiger partial charge < -0.3 is 5.32 Å². The summed E-state index contributed by atoms with van der Waals surface area (Å²) in [6, 6.07) is 17.4. The van der Waals surface area contributed by atoms with Crippen LogP contribution in [0.25, 0.3) is 11.1 Å². The minimum atomic E-state index is -0.478. The Labute approximate surface area is 150 Å². The number of nitrogens with zero attached hydrogens (tertiary/aromatic N) is 3. The molecule has 0 saturated heterocycles. The van der Waals surface area contributed by atoms with Crippen LogP contribution in [0.15, 0.2) is 54.6 Å². The van der Waals surface area contributed by atoms with E-state index in [9.17, 15) is 14.9 Å². The Morgan fingerprint density at radius 3 is 2.27 bits per heavy atom. The van der Waals surface area contributed by atoms with Gasteiger partial charge in [-0.2, -0.15) is 5.10 Å². The first-order valence-corrected chi connectivity index (χ1v) is 8.09. The molecule has 1 aromatic heterocycles. The number of nitrogens with one attached hydrogen (secondary N) is 1. The standard InChI is InChI=1S/C19H18N4O3/c1-13-19(23(25)26)14(2)22(21-13)12-18(24)20-17-10-8-16(9-11-17)15-6-4-3-5-7-15/h3-11H,12H2,1-2H3,(H,20,24). The Balaban J connectivity index is 1.69. The van der Waals surface area contributed by atoms with Gasteiger partial charge in [0.1, 0.15) is 17.9 Å². The highest BCUT2D eigenvalue weighted by Gasteiger charge is 2.22. The SMILES string of the molecule is Cc1nn(CC(=O)Nc2ccc(-c3ccccc3)cc2)c(C)c1[N+](=O)[O-]. The average Bonchev–Trinajstić information content (AvgIpc) is 2.89. The van der Waals surface area contributed by atoms with E-state index in [4.69, 9.17) is 0 Å². The minimum absolute atomic E-state index is 0.0509. The molecule has 1 heterocycles. The molecule has 7 nitrogen and oxygen atoms in total. The van der Waals surface area contributed by atoms with Crippen molar-refractivity contribution in [1.82, 2.24) is 9.78 Å². The van der Waals surface area contributed by atoms with Crippen LogP contribution in [0.2, 0.25) is 0 Å². The summed E-state index contributed by atoms with van der Waals surface area (Å²) in [7, 11) is 0. The second kappa shape index (κ2) is 7.18. The summed E-state index contributed by atoms with van der Waals surface area (Å²) in [5.41, 5.74) is 3.42. The molecule has 0 aliphatic carbocycles. The fourth-order valence-electron chi connectivity index (χ4n) is 2.82. The topological polar surface area (TPSA) is 90.1 Å². The monoisotopic (exact) mass is 350 g/mol.